The second kappa shape index (κ2) is 7.30. The molecule has 0 aromatic heterocycles. The maximum Gasteiger partial charge on any atom is 0.251 e. The lowest BCUT2D eigenvalue weighted by molar-refractivity contribution is 0.0963. The molecule has 0 unspecified atom stereocenters. The summed E-state index contributed by atoms with van der Waals surface area (Å²) in [5.74, 6) is -0.180. The third-order valence-electron chi connectivity index (χ3n) is 3.12. The number of anilines is 1. The van der Waals surface area contributed by atoms with Crippen molar-refractivity contribution in [1.29, 1.82) is 5.26 Å². The van der Waals surface area contributed by atoms with Gasteiger partial charge >= 0.3 is 0 Å². The van der Waals surface area contributed by atoms with E-state index in [1.54, 1.807) is 31.3 Å². The highest BCUT2D eigenvalue weighted by molar-refractivity contribution is 9.10. The fraction of sp³-hybridized carbons (Fsp3) is 0.125. The number of hydrogen-bond donors (Lipinski definition) is 2. The van der Waals surface area contributed by atoms with Crippen molar-refractivity contribution in [3.8, 4) is 6.07 Å². The summed E-state index contributed by atoms with van der Waals surface area (Å²) in [5.41, 5.74) is 2.60. The SMILES string of the molecule is CNC(=O)c1ccc(Cl)c(NCc2ccc(Br)cc2C#N)c1. The molecule has 0 atom stereocenters. The van der Waals surface area contributed by atoms with E-state index in [2.05, 4.69) is 32.6 Å². The van der Waals surface area contributed by atoms with Crippen molar-refractivity contribution in [2.24, 2.45) is 0 Å². The van der Waals surface area contributed by atoms with E-state index in [1.807, 2.05) is 12.1 Å². The van der Waals surface area contributed by atoms with Gasteiger partial charge in [-0.2, -0.15) is 5.26 Å². The maximum absolute atomic E-state index is 11.7. The molecular weight excluding hydrogens is 366 g/mol. The van der Waals surface area contributed by atoms with Crippen molar-refractivity contribution in [3.05, 3.63) is 62.6 Å². The summed E-state index contributed by atoms with van der Waals surface area (Å²) < 4.78 is 0.854. The summed E-state index contributed by atoms with van der Waals surface area (Å²) in [6.07, 6.45) is 0. The average molecular weight is 379 g/mol. The van der Waals surface area contributed by atoms with Crippen LogP contribution >= 0.6 is 27.5 Å². The van der Waals surface area contributed by atoms with E-state index in [9.17, 15) is 4.79 Å². The summed E-state index contributed by atoms with van der Waals surface area (Å²) in [6, 6.07) is 12.7. The fourth-order valence-corrected chi connectivity index (χ4v) is 2.49. The fourth-order valence-electron chi connectivity index (χ4n) is 1.94. The number of carbonyl (C=O) groups excluding carboxylic acids is 1. The van der Waals surface area contributed by atoms with Crippen LogP contribution in [0.5, 0.6) is 0 Å². The van der Waals surface area contributed by atoms with E-state index < -0.39 is 0 Å². The normalized spacial score (nSPS) is 9.91. The standard InChI is InChI=1S/C16H13BrClN3O/c1-20-16(22)10-3-5-14(18)15(7-10)21-9-11-2-4-13(17)6-12(11)8-19/h2-7,21H,9H2,1H3,(H,20,22). The Morgan fingerprint density at radius 2 is 2.09 bits per heavy atom. The Morgan fingerprint density at radius 1 is 1.32 bits per heavy atom. The van der Waals surface area contributed by atoms with Crippen molar-refractivity contribution in [2.45, 2.75) is 6.54 Å². The van der Waals surface area contributed by atoms with Crippen LogP contribution in [-0.4, -0.2) is 13.0 Å². The second-order valence-electron chi connectivity index (χ2n) is 4.54. The van der Waals surface area contributed by atoms with Crippen LogP contribution < -0.4 is 10.6 Å². The van der Waals surface area contributed by atoms with Gasteiger partial charge in [0.1, 0.15) is 0 Å². The molecule has 0 spiro atoms. The molecule has 0 aliphatic rings. The summed E-state index contributed by atoms with van der Waals surface area (Å²) in [6.45, 7) is 0.438. The van der Waals surface area contributed by atoms with Gasteiger partial charge in [-0.1, -0.05) is 33.6 Å². The van der Waals surface area contributed by atoms with Crippen molar-refractivity contribution < 1.29 is 4.79 Å². The molecule has 4 nitrogen and oxygen atoms in total. The van der Waals surface area contributed by atoms with Gasteiger partial charge in [0.2, 0.25) is 0 Å². The van der Waals surface area contributed by atoms with E-state index in [1.165, 1.54) is 0 Å². The number of nitriles is 1. The molecule has 0 saturated carbocycles. The first-order valence-electron chi connectivity index (χ1n) is 6.49. The third kappa shape index (κ3) is 3.79. The lowest BCUT2D eigenvalue weighted by Crippen LogP contribution is -2.17. The van der Waals surface area contributed by atoms with Crippen molar-refractivity contribution in [2.75, 3.05) is 12.4 Å². The number of halogens is 2. The molecule has 6 heteroatoms. The lowest BCUT2D eigenvalue weighted by Gasteiger charge is -2.11. The summed E-state index contributed by atoms with van der Waals surface area (Å²) in [5, 5.41) is 15.4. The monoisotopic (exact) mass is 377 g/mol. The molecule has 112 valence electrons. The van der Waals surface area contributed by atoms with Crippen molar-refractivity contribution in [1.82, 2.24) is 5.32 Å². The Kier molecular flexibility index (Phi) is 5.42. The quantitative estimate of drug-likeness (QED) is 0.847. The van der Waals surface area contributed by atoms with Gasteiger partial charge in [0.15, 0.2) is 0 Å². The number of nitrogens with one attached hydrogen (secondary N) is 2. The second-order valence-corrected chi connectivity index (χ2v) is 5.86. The van der Waals surface area contributed by atoms with Gasteiger partial charge in [0, 0.05) is 23.6 Å². The number of benzene rings is 2. The zero-order valence-electron chi connectivity index (χ0n) is 11.8. The van der Waals surface area contributed by atoms with Crippen LogP contribution in [0.2, 0.25) is 5.02 Å². The molecule has 2 rings (SSSR count). The van der Waals surface area contributed by atoms with E-state index in [4.69, 9.17) is 16.9 Å². The van der Waals surface area contributed by atoms with Gasteiger partial charge in [0.25, 0.3) is 5.91 Å². The highest BCUT2D eigenvalue weighted by Crippen LogP contribution is 2.24. The van der Waals surface area contributed by atoms with Crippen LogP contribution in [0.3, 0.4) is 0 Å². The van der Waals surface area contributed by atoms with Crippen LogP contribution in [-0.2, 0) is 6.54 Å². The molecule has 0 bridgehead atoms. The molecule has 0 saturated heterocycles. The molecule has 0 aliphatic heterocycles. The summed E-state index contributed by atoms with van der Waals surface area (Å²) in [7, 11) is 1.57. The smallest absolute Gasteiger partial charge is 0.251 e. The van der Waals surface area contributed by atoms with Gasteiger partial charge < -0.3 is 10.6 Å². The molecule has 22 heavy (non-hydrogen) atoms. The first kappa shape index (κ1) is 16.3. The molecule has 0 radical (unpaired) electrons. The Morgan fingerprint density at radius 3 is 2.77 bits per heavy atom. The zero-order valence-corrected chi connectivity index (χ0v) is 14.1. The molecule has 1 amide bonds. The van der Waals surface area contributed by atoms with Crippen LogP contribution in [0.25, 0.3) is 0 Å². The highest BCUT2D eigenvalue weighted by Gasteiger charge is 2.08. The minimum Gasteiger partial charge on any atom is -0.380 e. The van der Waals surface area contributed by atoms with E-state index in [0.717, 1.165) is 10.0 Å². The molecule has 2 aromatic carbocycles. The Hall–Kier alpha value is -2.03. The van der Waals surface area contributed by atoms with E-state index >= 15 is 0 Å². The first-order chi connectivity index (χ1) is 10.5. The van der Waals surface area contributed by atoms with Crippen molar-refractivity contribution >= 4 is 39.1 Å². The number of nitrogens with zero attached hydrogens (tertiary/aromatic N) is 1. The largest absolute Gasteiger partial charge is 0.380 e. The number of rotatable bonds is 4. The number of amides is 1. The molecular formula is C16H13BrClN3O. The zero-order chi connectivity index (χ0) is 16.1. The number of carbonyl (C=O) groups is 1. The van der Waals surface area contributed by atoms with E-state index in [0.29, 0.717) is 28.4 Å². The van der Waals surface area contributed by atoms with Gasteiger partial charge in [-0.15, -0.1) is 0 Å². The Bertz CT molecular complexity index is 756. The lowest BCUT2D eigenvalue weighted by atomic mass is 10.1. The maximum atomic E-state index is 11.7. The number of hydrogen-bond acceptors (Lipinski definition) is 3. The minimum atomic E-state index is -0.180. The Balaban J connectivity index is 2.22. The predicted molar refractivity (Wildman–Crippen MR) is 91.0 cm³/mol. The Labute approximate surface area is 142 Å². The van der Waals surface area contributed by atoms with Crippen LogP contribution in [0.15, 0.2) is 40.9 Å². The van der Waals surface area contributed by atoms with Crippen LogP contribution in [0.1, 0.15) is 21.5 Å². The van der Waals surface area contributed by atoms with E-state index in [-0.39, 0.29) is 5.91 Å². The van der Waals surface area contributed by atoms with Crippen LogP contribution in [0, 0.1) is 11.3 Å². The molecule has 0 heterocycles. The topological polar surface area (TPSA) is 64.9 Å². The molecule has 2 N–H and O–H groups in total. The van der Waals surface area contributed by atoms with Gasteiger partial charge in [-0.3, -0.25) is 4.79 Å². The average Bonchev–Trinajstić information content (AvgIpc) is 2.54. The molecule has 2 aromatic rings. The minimum absolute atomic E-state index is 0.180. The van der Waals surface area contributed by atoms with Crippen LogP contribution in [0.4, 0.5) is 5.69 Å². The molecule has 0 fully saturated rings. The summed E-state index contributed by atoms with van der Waals surface area (Å²) >= 11 is 9.48. The van der Waals surface area contributed by atoms with Crippen molar-refractivity contribution in [3.63, 3.8) is 0 Å². The highest BCUT2D eigenvalue weighted by atomic mass is 79.9. The third-order valence-corrected chi connectivity index (χ3v) is 3.94. The van der Waals surface area contributed by atoms with Gasteiger partial charge in [-0.05, 0) is 35.9 Å². The first-order valence-corrected chi connectivity index (χ1v) is 7.66. The summed E-state index contributed by atoms with van der Waals surface area (Å²) in [4.78, 5) is 11.7. The van der Waals surface area contributed by atoms with Gasteiger partial charge in [0.05, 0.1) is 22.3 Å². The predicted octanol–water partition coefficient (Wildman–Crippen LogP) is 3.95. The molecule has 0 aliphatic carbocycles. The van der Waals surface area contributed by atoms with Gasteiger partial charge in [-0.25, -0.2) is 0 Å².